The van der Waals surface area contributed by atoms with Crippen molar-refractivity contribution in [3.05, 3.63) is 27.4 Å². The summed E-state index contributed by atoms with van der Waals surface area (Å²) in [6, 6.07) is 2.27. The summed E-state index contributed by atoms with van der Waals surface area (Å²) in [6.07, 6.45) is 3.14. The molecule has 0 unspecified atom stereocenters. The Morgan fingerprint density at radius 3 is 2.58 bits per heavy atom. The fourth-order valence-electron chi connectivity index (χ4n) is 1.59. The van der Waals surface area contributed by atoms with Gasteiger partial charge in [0, 0.05) is 6.07 Å². The zero-order valence-electron chi connectivity index (χ0n) is 10.5. The third-order valence-electron chi connectivity index (χ3n) is 2.56. The Labute approximate surface area is 116 Å². The maximum Gasteiger partial charge on any atom is 0.306 e. The molecule has 1 rings (SSSR count). The van der Waals surface area contributed by atoms with Crippen molar-refractivity contribution in [3.8, 4) is 0 Å². The number of halogens is 1. The molecule has 1 aromatic heterocycles. The van der Waals surface area contributed by atoms with Gasteiger partial charge in [0.1, 0.15) is 5.15 Å². The van der Waals surface area contributed by atoms with Crippen molar-refractivity contribution >= 4 is 27.1 Å². The minimum atomic E-state index is -3.78. The van der Waals surface area contributed by atoms with E-state index in [1.165, 1.54) is 6.07 Å². The molecular weight excluding hydrogens is 292 g/mol. The van der Waals surface area contributed by atoms with Gasteiger partial charge in [-0.2, -0.15) is 0 Å². The van der Waals surface area contributed by atoms with E-state index < -0.39 is 25.5 Å². The van der Waals surface area contributed by atoms with E-state index in [0.29, 0.717) is 6.42 Å². The Balaban J connectivity index is 3.00. The molecule has 0 saturated heterocycles. The molecule has 0 N–H and O–H groups in total. The summed E-state index contributed by atoms with van der Waals surface area (Å²) in [6.45, 7) is 2.01. The average Bonchev–Trinajstić information content (AvgIpc) is 2.34. The van der Waals surface area contributed by atoms with Gasteiger partial charge in [-0.15, -0.1) is 0 Å². The number of nitrogens with zero attached hydrogens (tertiary/aromatic N) is 2. The number of hydrogen-bond donors (Lipinski definition) is 0. The summed E-state index contributed by atoms with van der Waals surface area (Å²) in [7, 11) is -3.78. The highest BCUT2D eigenvalue weighted by Gasteiger charge is 2.27. The Morgan fingerprint density at radius 2 is 2.00 bits per heavy atom. The lowest BCUT2D eigenvalue weighted by Gasteiger charge is -2.04. The SMILES string of the molecule is CCCCCCS(=O)(=O)c1nc(Cl)ccc1[N+](=O)[O-]. The molecule has 0 aliphatic carbocycles. The van der Waals surface area contributed by atoms with Crippen LogP contribution < -0.4 is 0 Å². The van der Waals surface area contributed by atoms with Crippen LogP contribution in [0.15, 0.2) is 17.2 Å². The first-order chi connectivity index (χ1) is 8.88. The molecule has 106 valence electrons. The molecule has 0 atom stereocenters. The summed E-state index contributed by atoms with van der Waals surface area (Å²) in [4.78, 5) is 13.7. The smallest absolute Gasteiger partial charge is 0.258 e. The minimum absolute atomic E-state index is 0.0715. The van der Waals surface area contributed by atoms with E-state index >= 15 is 0 Å². The molecule has 0 radical (unpaired) electrons. The van der Waals surface area contributed by atoms with Crippen molar-refractivity contribution in [2.24, 2.45) is 0 Å². The molecule has 1 heterocycles. The van der Waals surface area contributed by atoms with Gasteiger partial charge in [-0.05, 0) is 12.5 Å². The number of hydrogen-bond acceptors (Lipinski definition) is 5. The molecule has 0 aliphatic rings. The maximum atomic E-state index is 12.0. The zero-order chi connectivity index (χ0) is 14.5. The number of rotatable bonds is 7. The fraction of sp³-hybridized carbons (Fsp3) is 0.545. The summed E-state index contributed by atoms with van der Waals surface area (Å²) in [5.74, 6) is -0.152. The van der Waals surface area contributed by atoms with Crippen LogP contribution in [-0.2, 0) is 9.84 Å². The molecule has 0 amide bonds. The maximum absolute atomic E-state index is 12.0. The second kappa shape index (κ2) is 6.81. The monoisotopic (exact) mass is 306 g/mol. The number of unbranched alkanes of at least 4 members (excludes halogenated alkanes) is 3. The third kappa shape index (κ3) is 4.43. The number of pyridine rings is 1. The van der Waals surface area contributed by atoms with Crippen LogP contribution in [0.25, 0.3) is 0 Å². The fourth-order valence-corrected chi connectivity index (χ4v) is 3.27. The van der Waals surface area contributed by atoms with Crippen molar-refractivity contribution in [1.82, 2.24) is 4.98 Å². The topological polar surface area (TPSA) is 90.2 Å². The van der Waals surface area contributed by atoms with Gasteiger partial charge in [0.05, 0.1) is 10.7 Å². The Bertz CT molecular complexity index is 560. The minimum Gasteiger partial charge on any atom is -0.258 e. The molecule has 19 heavy (non-hydrogen) atoms. The molecule has 0 aliphatic heterocycles. The van der Waals surface area contributed by atoms with Crippen LogP contribution >= 0.6 is 11.6 Å². The highest BCUT2D eigenvalue weighted by molar-refractivity contribution is 7.91. The van der Waals surface area contributed by atoms with Gasteiger partial charge >= 0.3 is 5.69 Å². The van der Waals surface area contributed by atoms with Crippen LogP contribution in [0.5, 0.6) is 0 Å². The van der Waals surface area contributed by atoms with E-state index in [-0.39, 0.29) is 10.9 Å². The first-order valence-corrected chi connectivity index (χ1v) is 7.95. The van der Waals surface area contributed by atoms with E-state index in [1.807, 2.05) is 6.92 Å². The lowest BCUT2D eigenvalue weighted by Crippen LogP contribution is -2.11. The van der Waals surface area contributed by atoms with Crippen molar-refractivity contribution in [3.63, 3.8) is 0 Å². The van der Waals surface area contributed by atoms with Crippen molar-refractivity contribution in [1.29, 1.82) is 0 Å². The molecular formula is C11H15ClN2O4S. The lowest BCUT2D eigenvalue weighted by molar-refractivity contribution is -0.388. The molecule has 1 aromatic rings. The van der Waals surface area contributed by atoms with Crippen molar-refractivity contribution < 1.29 is 13.3 Å². The van der Waals surface area contributed by atoms with Gasteiger partial charge in [0.15, 0.2) is 0 Å². The van der Waals surface area contributed by atoms with Gasteiger partial charge in [-0.3, -0.25) is 10.1 Å². The zero-order valence-corrected chi connectivity index (χ0v) is 12.1. The Hall–Kier alpha value is -1.21. The average molecular weight is 307 g/mol. The highest BCUT2D eigenvalue weighted by atomic mass is 35.5. The first-order valence-electron chi connectivity index (χ1n) is 5.92. The van der Waals surface area contributed by atoms with E-state index in [1.54, 1.807) is 0 Å². The van der Waals surface area contributed by atoms with E-state index in [2.05, 4.69) is 4.98 Å². The predicted molar refractivity (Wildman–Crippen MR) is 72.1 cm³/mol. The number of sulfone groups is 1. The predicted octanol–water partition coefficient (Wildman–Crippen LogP) is 3.00. The summed E-state index contributed by atoms with van der Waals surface area (Å²) in [5.41, 5.74) is -0.528. The number of nitro groups is 1. The van der Waals surface area contributed by atoms with E-state index in [9.17, 15) is 18.5 Å². The molecule has 6 nitrogen and oxygen atoms in total. The van der Waals surface area contributed by atoms with Crippen LogP contribution in [0, 0.1) is 10.1 Å². The van der Waals surface area contributed by atoms with E-state index in [4.69, 9.17) is 11.6 Å². The quantitative estimate of drug-likeness (QED) is 0.334. The third-order valence-corrected chi connectivity index (χ3v) is 4.49. The van der Waals surface area contributed by atoms with Gasteiger partial charge in [-0.25, -0.2) is 13.4 Å². The summed E-state index contributed by atoms with van der Waals surface area (Å²) >= 11 is 5.61. The molecule has 8 heteroatoms. The van der Waals surface area contributed by atoms with Gasteiger partial charge in [-0.1, -0.05) is 37.8 Å². The van der Waals surface area contributed by atoms with Gasteiger partial charge < -0.3 is 0 Å². The van der Waals surface area contributed by atoms with Crippen molar-refractivity contribution in [2.75, 3.05) is 5.75 Å². The van der Waals surface area contributed by atoms with Crippen LogP contribution in [0.3, 0.4) is 0 Å². The summed E-state index contributed by atoms with van der Waals surface area (Å²) in [5, 5.41) is 10.2. The summed E-state index contributed by atoms with van der Waals surface area (Å²) < 4.78 is 24.1. The van der Waals surface area contributed by atoms with Crippen LogP contribution in [-0.4, -0.2) is 24.1 Å². The van der Waals surface area contributed by atoms with Crippen molar-refractivity contribution in [2.45, 2.75) is 37.6 Å². The Kier molecular flexibility index (Phi) is 5.68. The van der Waals surface area contributed by atoms with Crippen LogP contribution in [0.1, 0.15) is 32.6 Å². The second-order valence-corrected chi connectivity index (χ2v) is 6.51. The molecule has 0 bridgehead atoms. The largest absolute Gasteiger partial charge is 0.306 e. The van der Waals surface area contributed by atoms with Gasteiger partial charge in [0.2, 0.25) is 14.9 Å². The first kappa shape index (κ1) is 15.8. The lowest BCUT2D eigenvalue weighted by atomic mass is 10.2. The van der Waals surface area contributed by atoms with Crippen LogP contribution in [0.4, 0.5) is 5.69 Å². The molecule has 0 spiro atoms. The number of aromatic nitrogens is 1. The van der Waals surface area contributed by atoms with E-state index in [0.717, 1.165) is 25.3 Å². The normalized spacial score (nSPS) is 11.5. The Morgan fingerprint density at radius 1 is 1.32 bits per heavy atom. The van der Waals surface area contributed by atoms with Gasteiger partial charge in [0.25, 0.3) is 0 Å². The standard InChI is InChI=1S/C11H15ClN2O4S/c1-2-3-4-5-8-19(17,18)11-9(14(15)16)6-7-10(12)13-11/h6-7H,2-5,8H2,1H3. The highest BCUT2D eigenvalue weighted by Crippen LogP contribution is 2.25. The second-order valence-electron chi connectivity index (χ2n) is 4.09. The van der Waals surface area contributed by atoms with Crippen LogP contribution in [0.2, 0.25) is 5.15 Å². The molecule has 0 saturated carbocycles. The molecule has 0 fully saturated rings. The molecule has 0 aromatic carbocycles.